The van der Waals surface area contributed by atoms with Gasteiger partial charge in [0.1, 0.15) is 0 Å². The van der Waals surface area contributed by atoms with E-state index in [0.29, 0.717) is 12.4 Å². The summed E-state index contributed by atoms with van der Waals surface area (Å²) in [6, 6.07) is 4.59. The van der Waals surface area contributed by atoms with Gasteiger partial charge >= 0.3 is 12.2 Å². The van der Waals surface area contributed by atoms with Gasteiger partial charge in [-0.05, 0) is 32.4 Å². The molecule has 0 radical (unpaired) electrons. The average molecular weight is 391 g/mol. The Morgan fingerprint density at radius 1 is 1.32 bits per heavy atom. The van der Waals surface area contributed by atoms with Gasteiger partial charge in [-0.25, -0.2) is 14.8 Å². The summed E-state index contributed by atoms with van der Waals surface area (Å²) in [4.78, 5) is 25.3. The number of carbonyl (C=O) groups excluding carboxylic acids is 1. The normalized spacial score (nSPS) is 18.4. The number of hydrogen-bond donors (Lipinski definition) is 1. The molecule has 4 rings (SSSR count). The summed E-state index contributed by atoms with van der Waals surface area (Å²) < 4.78 is 39.1. The molecule has 6 nitrogen and oxygen atoms in total. The molecule has 3 heterocycles. The molecular formula is C19H20F3N5O. The number of anilines is 2. The van der Waals surface area contributed by atoms with E-state index in [0.717, 1.165) is 30.8 Å². The number of fused-ring (bicyclic) bond motifs is 4. The SMILES string of the molecule is CC(C)NC(=O)N1c2nc(-c3cccc(C(F)(F)F)c3)ncc2N2CCC1C2. The summed E-state index contributed by atoms with van der Waals surface area (Å²) >= 11 is 0. The van der Waals surface area contributed by atoms with Gasteiger partial charge in [0, 0.05) is 24.7 Å². The third-order valence-electron chi connectivity index (χ3n) is 4.93. The van der Waals surface area contributed by atoms with Crippen molar-refractivity contribution in [3.05, 3.63) is 36.0 Å². The Kier molecular flexibility index (Phi) is 4.40. The van der Waals surface area contributed by atoms with Crippen LogP contribution in [0, 0.1) is 0 Å². The summed E-state index contributed by atoms with van der Waals surface area (Å²) in [6.07, 6.45) is -2.05. The van der Waals surface area contributed by atoms with E-state index >= 15 is 0 Å². The molecule has 2 aliphatic rings. The molecule has 9 heteroatoms. The molecular weight excluding hydrogens is 371 g/mol. The van der Waals surface area contributed by atoms with Crippen molar-refractivity contribution in [3.8, 4) is 11.4 Å². The number of urea groups is 1. The third-order valence-corrected chi connectivity index (χ3v) is 4.93. The van der Waals surface area contributed by atoms with Crippen molar-refractivity contribution >= 4 is 17.5 Å². The zero-order chi connectivity index (χ0) is 20.1. The van der Waals surface area contributed by atoms with Crippen LogP contribution in [0.25, 0.3) is 11.4 Å². The summed E-state index contributed by atoms with van der Waals surface area (Å²) in [5.74, 6) is 0.601. The first-order valence-corrected chi connectivity index (χ1v) is 9.13. The number of hydrogen-bond acceptors (Lipinski definition) is 4. The average Bonchev–Trinajstić information content (AvgIpc) is 3.04. The van der Waals surface area contributed by atoms with Crippen LogP contribution in [0.1, 0.15) is 25.8 Å². The van der Waals surface area contributed by atoms with Gasteiger partial charge < -0.3 is 10.2 Å². The molecule has 1 N–H and O–H groups in total. The number of nitrogens with one attached hydrogen (secondary N) is 1. The van der Waals surface area contributed by atoms with Crippen LogP contribution in [0.3, 0.4) is 0 Å². The lowest BCUT2D eigenvalue weighted by atomic mass is 10.1. The highest BCUT2D eigenvalue weighted by atomic mass is 19.4. The van der Waals surface area contributed by atoms with Crippen LogP contribution >= 0.6 is 0 Å². The van der Waals surface area contributed by atoms with Gasteiger partial charge in [-0.15, -0.1) is 0 Å². The molecule has 0 aliphatic carbocycles. The second-order valence-electron chi connectivity index (χ2n) is 7.34. The lowest BCUT2D eigenvalue weighted by Gasteiger charge is -2.36. The molecule has 0 saturated carbocycles. The molecule has 2 aromatic rings. The summed E-state index contributed by atoms with van der Waals surface area (Å²) in [5, 5.41) is 2.88. The number of nitrogens with zero attached hydrogens (tertiary/aromatic N) is 4. The quantitative estimate of drug-likeness (QED) is 0.849. The highest BCUT2D eigenvalue weighted by Gasteiger charge is 2.40. The summed E-state index contributed by atoms with van der Waals surface area (Å²) in [7, 11) is 0. The zero-order valence-corrected chi connectivity index (χ0v) is 15.5. The highest BCUT2D eigenvalue weighted by Crippen LogP contribution is 2.39. The Labute approximate surface area is 160 Å². The fourth-order valence-corrected chi connectivity index (χ4v) is 3.66. The van der Waals surface area contributed by atoms with Crippen molar-refractivity contribution in [1.29, 1.82) is 0 Å². The van der Waals surface area contributed by atoms with Crippen molar-refractivity contribution in [2.75, 3.05) is 22.9 Å². The first-order valence-electron chi connectivity index (χ1n) is 9.13. The number of alkyl halides is 3. The second-order valence-corrected chi connectivity index (χ2v) is 7.34. The largest absolute Gasteiger partial charge is 0.416 e. The van der Waals surface area contributed by atoms with E-state index in [9.17, 15) is 18.0 Å². The van der Waals surface area contributed by atoms with Crippen LogP contribution in [-0.2, 0) is 6.18 Å². The number of halogens is 3. The number of aromatic nitrogens is 2. The van der Waals surface area contributed by atoms with Gasteiger partial charge in [0.05, 0.1) is 23.5 Å². The molecule has 2 amide bonds. The standard InChI is InChI=1S/C19H20F3N5O/c1-11(2)24-18(28)27-14-6-7-26(10-14)15-9-23-16(25-17(15)27)12-4-3-5-13(8-12)19(20,21)22/h3-5,8-9,11,14H,6-7,10H2,1-2H3,(H,24,28). The molecule has 1 aromatic carbocycles. The van der Waals surface area contributed by atoms with E-state index in [-0.39, 0.29) is 29.5 Å². The van der Waals surface area contributed by atoms with E-state index in [4.69, 9.17) is 0 Å². The van der Waals surface area contributed by atoms with Gasteiger partial charge in [-0.2, -0.15) is 13.2 Å². The van der Waals surface area contributed by atoms with Gasteiger partial charge in [-0.3, -0.25) is 4.90 Å². The summed E-state index contributed by atoms with van der Waals surface area (Å²) in [5.41, 5.74) is 0.225. The molecule has 1 unspecified atom stereocenters. The molecule has 1 saturated heterocycles. The first kappa shape index (κ1) is 18.5. The predicted octanol–water partition coefficient (Wildman–Crippen LogP) is 3.68. The van der Waals surface area contributed by atoms with Gasteiger partial charge in [0.15, 0.2) is 11.6 Å². The van der Waals surface area contributed by atoms with E-state index < -0.39 is 11.7 Å². The maximum absolute atomic E-state index is 13.0. The van der Waals surface area contributed by atoms with Crippen LogP contribution in [-0.4, -0.2) is 41.2 Å². The van der Waals surface area contributed by atoms with Crippen molar-refractivity contribution in [1.82, 2.24) is 15.3 Å². The predicted molar refractivity (Wildman–Crippen MR) is 99.2 cm³/mol. The fourth-order valence-electron chi connectivity index (χ4n) is 3.66. The lowest BCUT2D eigenvalue weighted by Crippen LogP contribution is -2.52. The maximum Gasteiger partial charge on any atom is 0.416 e. The number of amides is 2. The van der Waals surface area contributed by atoms with Crippen LogP contribution in [0.5, 0.6) is 0 Å². The minimum Gasteiger partial charge on any atom is -0.365 e. The number of rotatable bonds is 2. The number of benzene rings is 1. The number of carbonyl (C=O) groups is 1. The maximum atomic E-state index is 13.0. The topological polar surface area (TPSA) is 61.4 Å². The van der Waals surface area contributed by atoms with Gasteiger partial charge in [-0.1, -0.05) is 12.1 Å². The first-order chi connectivity index (χ1) is 13.2. The smallest absolute Gasteiger partial charge is 0.365 e. The summed E-state index contributed by atoms with van der Waals surface area (Å²) in [6.45, 7) is 5.23. The molecule has 148 valence electrons. The monoisotopic (exact) mass is 391 g/mol. The lowest BCUT2D eigenvalue weighted by molar-refractivity contribution is -0.137. The fraction of sp³-hybridized carbons (Fsp3) is 0.421. The molecule has 1 aromatic heterocycles. The van der Waals surface area contributed by atoms with Crippen molar-refractivity contribution < 1.29 is 18.0 Å². The van der Waals surface area contributed by atoms with Crippen molar-refractivity contribution in [2.24, 2.45) is 0 Å². The van der Waals surface area contributed by atoms with E-state index in [1.807, 2.05) is 13.8 Å². The minimum atomic E-state index is -4.45. The van der Waals surface area contributed by atoms with E-state index in [1.165, 1.54) is 12.1 Å². The Morgan fingerprint density at radius 3 is 2.82 bits per heavy atom. The third kappa shape index (κ3) is 3.25. The molecule has 28 heavy (non-hydrogen) atoms. The van der Waals surface area contributed by atoms with E-state index in [1.54, 1.807) is 11.1 Å². The van der Waals surface area contributed by atoms with Gasteiger partial charge in [0.2, 0.25) is 0 Å². The van der Waals surface area contributed by atoms with Crippen molar-refractivity contribution in [3.63, 3.8) is 0 Å². The second kappa shape index (κ2) is 6.65. The van der Waals surface area contributed by atoms with E-state index in [2.05, 4.69) is 20.2 Å². The van der Waals surface area contributed by atoms with Gasteiger partial charge in [0.25, 0.3) is 0 Å². The molecule has 1 atom stereocenters. The Bertz CT molecular complexity index is 915. The van der Waals surface area contributed by atoms with Crippen molar-refractivity contribution in [2.45, 2.75) is 38.5 Å². The molecule has 2 bridgehead atoms. The molecule has 1 fully saturated rings. The zero-order valence-electron chi connectivity index (χ0n) is 15.5. The Morgan fingerprint density at radius 2 is 2.11 bits per heavy atom. The molecule has 0 spiro atoms. The Hall–Kier alpha value is -2.84. The Balaban J connectivity index is 1.77. The van der Waals surface area contributed by atoms with Crippen LogP contribution in [0.2, 0.25) is 0 Å². The molecule has 2 aliphatic heterocycles. The highest BCUT2D eigenvalue weighted by molar-refractivity contribution is 5.97. The van der Waals surface area contributed by atoms with Crippen LogP contribution in [0.15, 0.2) is 30.5 Å². The minimum absolute atomic E-state index is 0.0180. The van der Waals surface area contributed by atoms with Crippen LogP contribution in [0.4, 0.5) is 29.5 Å². The van der Waals surface area contributed by atoms with Crippen LogP contribution < -0.4 is 15.1 Å².